The van der Waals surface area contributed by atoms with Crippen molar-refractivity contribution in [3.63, 3.8) is 0 Å². The highest BCUT2D eigenvalue weighted by Gasteiger charge is 2.27. The van der Waals surface area contributed by atoms with E-state index in [1.807, 2.05) is 18.3 Å². The third-order valence-corrected chi connectivity index (χ3v) is 2.92. The molecule has 72 valence electrons. The molecule has 0 saturated heterocycles. The van der Waals surface area contributed by atoms with Crippen molar-refractivity contribution < 1.29 is 0 Å². The van der Waals surface area contributed by atoms with Gasteiger partial charge in [-0.15, -0.1) is 0 Å². The van der Waals surface area contributed by atoms with Crippen LogP contribution in [0, 0.1) is 5.92 Å². The van der Waals surface area contributed by atoms with E-state index in [1.54, 1.807) is 6.20 Å². The van der Waals surface area contributed by atoms with Crippen molar-refractivity contribution in [2.45, 2.75) is 32.7 Å². The maximum Gasteiger partial charge on any atom is 0.0422 e. The van der Waals surface area contributed by atoms with Crippen LogP contribution in [-0.4, -0.2) is 4.98 Å². The smallest absolute Gasteiger partial charge is 0.0422 e. The van der Waals surface area contributed by atoms with E-state index >= 15 is 0 Å². The van der Waals surface area contributed by atoms with Crippen LogP contribution in [0.1, 0.15) is 32.8 Å². The first-order chi connectivity index (χ1) is 6.09. The molecule has 0 saturated carbocycles. The molecule has 1 rings (SSSR count). The molecular weight excluding hydrogens is 160 g/mol. The predicted octanol–water partition coefficient (Wildman–Crippen LogP) is 2.30. The lowest BCUT2D eigenvalue weighted by Gasteiger charge is -2.31. The fourth-order valence-electron chi connectivity index (χ4n) is 1.39. The van der Waals surface area contributed by atoms with Gasteiger partial charge in [-0.1, -0.05) is 26.3 Å². The second-order valence-corrected chi connectivity index (χ2v) is 3.83. The highest BCUT2D eigenvalue weighted by molar-refractivity contribution is 5.19. The first kappa shape index (κ1) is 10.2. The van der Waals surface area contributed by atoms with Gasteiger partial charge < -0.3 is 5.73 Å². The van der Waals surface area contributed by atoms with Crippen LogP contribution in [0.3, 0.4) is 0 Å². The molecule has 0 aliphatic carbocycles. The van der Waals surface area contributed by atoms with Gasteiger partial charge in [0.15, 0.2) is 0 Å². The van der Waals surface area contributed by atoms with E-state index in [4.69, 9.17) is 5.73 Å². The molecule has 0 spiro atoms. The standard InChI is InChI=1S/C11H18N2/c1-4-9(2)11(3,12)10-6-5-7-13-8-10/h5-9H,4,12H2,1-3H3. The van der Waals surface area contributed by atoms with Crippen molar-refractivity contribution in [1.82, 2.24) is 4.98 Å². The molecular formula is C11H18N2. The van der Waals surface area contributed by atoms with Gasteiger partial charge in [0.1, 0.15) is 0 Å². The Labute approximate surface area is 80.2 Å². The second-order valence-electron chi connectivity index (χ2n) is 3.83. The number of nitrogens with two attached hydrogens (primary N) is 1. The van der Waals surface area contributed by atoms with E-state index in [2.05, 4.69) is 25.8 Å². The molecule has 13 heavy (non-hydrogen) atoms. The zero-order chi connectivity index (χ0) is 9.90. The van der Waals surface area contributed by atoms with Crippen LogP contribution < -0.4 is 5.73 Å². The van der Waals surface area contributed by atoms with Gasteiger partial charge in [-0.25, -0.2) is 0 Å². The molecule has 2 heteroatoms. The molecule has 0 bridgehead atoms. The van der Waals surface area contributed by atoms with Crippen LogP contribution in [0.5, 0.6) is 0 Å². The third kappa shape index (κ3) is 2.07. The lowest BCUT2D eigenvalue weighted by atomic mass is 9.81. The van der Waals surface area contributed by atoms with Crippen molar-refractivity contribution in [3.8, 4) is 0 Å². The summed E-state index contributed by atoms with van der Waals surface area (Å²) < 4.78 is 0. The fourth-order valence-corrected chi connectivity index (χ4v) is 1.39. The topological polar surface area (TPSA) is 38.9 Å². The third-order valence-electron chi connectivity index (χ3n) is 2.92. The minimum absolute atomic E-state index is 0.261. The molecule has 0 aromatic carbocycles. The summed E-state index contributed by atoms with van der Waals surface area (Å²) in [5, 5.41) is 0. The Balaban J connectivity index is 2.93. The summed E-state index contributed by atoms with van der Waals surface area (Å²) in [4.78, 5) is 4.09. The summed E-state index contributed by atoms with van der Waals surface area (Å²) in [5.74, 6) is 0.469. The Morgan fingerprint density at radius 2 is 2.31 bits per heavy atom. The fraction of sp³-hybridized carbons (Fsp3) is 0.545. The summed E-state index contributed by atoms with van der Waals surface area (Å²) in [5.41, 5.74) is 7.11. The quantitative estimate of drug-likeness (QED) is 0.771. The van der Waals surface area contributed by atoms with Crippen molar-refractivity contribution in [3.05, 3.63) is 30.1 Å². The Hall–Kier alpha value is -0.890. The first-order valence-electron chi connectivity index (χ1n) is 4.78. The Bertz CT molecular complexity index is 254. The van der Waals surface area contributed by atoms with Crippen molar-refractivity contribution in [1.29, 1.82) is 0 Å². The second kappa shape index (κ2) is 3.88. The van der Waals surface area contributed by atoms with Gasteiger partial charge >= 0.3 is 0 Å². The lowest BCUT2D eigenvalue weighted by molar-refractivity contribution is 0.315. The average molecular weight is 178 g/mol. The largest absolute Gasteiger partial charge is 0.321 e. The summed E-state index contributed by atoms with van der Waals surface area (Å²) in [6.45, 7) is 6.40. The monoisotopic (exact) mass is 178 g/mol. The van der Waals surface area contributed by atoms with Crippen molar-refractivity contribution in [2.24, 2.45) is 11.7 Å². The van der Waals surface area contributed by atoms with E-state index in [0.29, 0.717) is 5.92 Å². The molecule has 0 amide bonds. The van der Waals surface area contributed by atoms with Crippen LogP contribution in [-0.2, 0) is 5.54 Å². The van der Waals surface area contributed by atoms with Gasteiger partial charge in [-0.2, -0.15) is 0 Å². The number of hydrogen-bond donors (Lipinski definition) is 1. The lowest BCUT2D eigenvalue weighted by Crippen LogP contribution is -2.39. The zero-order valence-corrected chi connectivity index (χ0v) is 8.62. The number of rotatable bonds is 3. The van der Waals surface area contributed by atoms with Gasteiger partial charge in [-0.05, 0) is 24.5 Å². The van der Waals surface area contributed by atoms with Crippen LogP contribution in [0.2, 0.25) is 0 Å². The minimum Gasteiger partial charge on any atom is -0.321 e. The SMILES string of the molecule is CCC(C)C(C)(N)c1cccnc1. The summed E-state index contributed by atoms with van der Waals surface area (Å²) in [6, 6.07) is 3.97. The molecule has 0 fully saturated rings. The Morgan fingerprint density at radius 1 is 1.62 bits per heavy atom. The molecule has 2 atom stereocenters. The molecule has 2 nitrogen and oxygen atoms in total. The van der Waals surface area contributed by atoms with E-state index in [-0.39, 0.29) is 5.54 Å². The summed E-state index contributed by atoms with van der Waals surface area (Å²) in [6.07, 6.45) is 4.71. The van der Waals surface area contributed by atoms with E-state index in [9.17, 15) is 0 Å². The predicted molar refractivity (Wildman–Crippen MR) is 55.2 cm³/mol. The van der Waals surface area contributed by atoms with Crippen LogP contribution in [0.25, 0.3) is 0 Å². The van der Waals surface area contributed by atoms with E-state index in [1.165, 1.54) is 0 Å². The highest BCUT2D eigenvalue weighted by Crippen LogP contribution is 2.27. The minimum atomic E-state index is -0.261. The molecule has 0 aliphatic heterocycles. The van der Waals surface area contributed by atoms with E-state index < -0.39 is 0 Å². The average Bonchev–Trinajstić information content (AvgIpc) is 2.18. The molecule has 1 aromatic heterocycles. The first-order valence-corrected chi connectivity index (χ1v) is 4.78. The van der Waals surface area contributed by atoms with Crippen LogP contribution >= 0.6 is 0 Å². The number of pyridine rings is 1. The molecule has 0 aliphatic rings. The van der Waals surface area contributed by atoms with Gasteiger partial charge in [0.05, 0.1) is 0 Å². The van der Waals surface area contributed by atoms with Crippen LogP contribution in [0.15, 0.2) is 24.5 Å². The normalized spacial score (nSPS) is 17.8. The maximum absolute atomic E-state index is 6.25. The summed E-state index contributed by atoms with van der Waals surface area (Å²) in [7, 11) is 0. The highest BCUT2D eigenvalue weighted by atomic mass is 14.8. The Kier molecular flexibility index (Phi) is 3.04. The van der Waals surface area contributed by atoms with E-state index in [0.717, 1.165) is 12.0 Å². The van der Waals surface area contributed by atoms with Gasteiger partial charge in [0.2, 0.25) is 0 Å². The molecule has 1 heterocycles. The molecule has 1 aromatic rings. The molecule has 2 N–H and O–H groups in total. The maximum atomic E-state index is 6.25. The van der Waals surface area contributed by atoms with Gasteiger partial charge in [0.25, 0.3) is 0 Å². The number of aromatic nitrogens is 1. The molecule has 2 unspecified atom stereocenters. The van der Waals surface area contributed by atoms with Crippen molar-refractivity contribution >= 4 is 0 Å². The van der Waals surface area contributed by atoms with Gasteiger partial charge in [0, 0.05) is 17.9 Å². The number of hydrogen-bond acceptors (Lipinski definition) is 2. The Morgan fingerprint density at radius 3 is 2.77 bits per heavy atom. The summed E-state index contributed by atoms with van der Waals surface area (Å²) >= 11 is 0. The van der Waals surface area contributed by atoms with Crippen LogP contribution in [0.4, 0.5) is 0 Å². The molecule has 0 radical (unpaired) electrons. The van der Waals surface area contributed by atoms with Gasteiger partial charge in [-0.3, -0.25) is 4.98 Å². The number of nitrogens with zero attached hydrogens (tertiary/aromatic N) is 1. The zero-order valence-electron chi connectivity index (χ0n) is 8.62. The van der Waals surface area contributed by atoms with Crippen molar-refractivity contribution in [2.75, 3.05) is 0 Å².